The van der Waals surface area contributed by atoms with E-state index in [1.807, 2.05) is 32.9 Å². The molecule has 0 saturated carbocycles. The summed E-state index contributed by atoms with van der Waals surface area (Å²) in [5, 5.41) is 0.537. The van der Waals surface area contributed by atoms with Gasteiger partial charge in [-0.15, -0.1) is 0 Å². The zero-order valence-electron chi connectivity index (χ0n) is 19.9. The van der Waals surface area contributed by atoms with Crippen LogP contribution in [0.25, 0.3) is 10.2 Å². The molecule has 4 aromatic rings. The minimum absolute atomic E-state index is 0.179. The van der Waals surface area contributed by atoms with Crippen LogP contribution in [0.15, 0.2) is 64.1 Å². The highest BCUT2D eigenvalue weighted by Crippen LogP contribution is 2.35. The van der Waals surface area contributed by atoms with Gasteiger partial charge in [-0.1, -0.05) is 35.1 Å². The number of thiazole rings is 1. The number of aromatic nitrogens is 1. The average Bonchev–Trinajstić information content (AvgIpc) is 3.60. The van der Waals surface area contributed by atoms with Gasteiger partial charge in [0.1, 0.15) is 11.8 Å². The minimum atomic E-state index is -3.82. The van der Waals surface area contributed by atoms with Gasteiger partial charge in [0.25, 0.3) is 0 Å². The summed E-state index contributed by atoms with van der Waals surface area (Å²) in [5.74, 6) is 0.319. The van der Waals surface area contributed by atoms with Gasteiger partial charge in [0.05, 0.1) is 27.9 Å². The van der Waals surface area contributed by atoms with Crippen molar-refractivity contribution in [2.75, 3.05) is 11.4 Å². The zero-order valence-corrected chi connectivity index (χ0v) is 21.5. The Morgan fingerprint density at radius 3 is 2.63 bits per heavy atom. The molecule has 182 valence electrons. The van der Waals surface area contributed by atoms with E-state index in [0.717, 1.165) is 26.9 Å². The van der Waals surface area contributed by atoms with Crippen LogP contribution in [0.4, 0.5) is 5.13 Å². The van der Waals surface area contributed by atoms with Crippen molar-refractivity contribution in [2.45, 2.75) is 51.1 Å². The molecule has 1 unspecified atom stereocenters. The van der Waals surface area contributed by atoms with Crippen molar-refractivity contribution < 1.29 is 17.6 Å². The van der Waals surface area contributed by atoms with Crippen LogP contribution in [0.1, 0.15) is 35.3 Å². The highest BCUT2D eigenvalue weighted by molar-refractivity contribution is 7.89. The van der Waals surface area contributed by atoms with Crippen LogP contribution in [-0.4, -0.2) is 36.2 Å². The Morgan fingerprint density at radius 1 is 1.14 bits per heavy atom. The molecule has 0 aliphatic carbocycles. The Labute approximate surface area is 209 Å². The maximum absolute atomic E-state index is 14.0. The van der Waals surface area contributed by atoms with Gasteiger partial charge in [-0.3, -0.25) is 9.69 Å². The molecular weight excluding hydrogens is 482 g/mol. The summed E-state index contributed by atoms with van der Waals surface area (Å²) < 4.78 is 34.8. The van der Waals surface area contributed by atoms with Gasteiger partial charge < -0.3 is 4.42 Å². The maximum atomic E-state index is 14.0. The molecule has 1 aliphatic heterocycles. The predicted molar refractivity (Wildman–Crippen MR) is 137 cm³/mol. The van der Waals surface area contributed by atoms with E-state index >= 15 is 0 Å². The van der Waals surface area contributed by atoms with E-state index in [1.54, 1.807) is 47.6 Å². The lowest BCUT2D eigenvalue weighted by Crippen LogP contribution is -2.47. The van der Waals surface area contributed by atoms with Crippen molar-refractivity contribution in [1.82, 2.24) is 9.29 Å². The third kappa shape index (κ3) is 4.39. The number of furan rings is 1. The molecule has 5 rings (SSSR count). The van der Waals surface area contributed by atoms with Crippen LogP contribution in [-0.2, 0) is 21.4 Å². The number of carbonyl (C=O) groups is 1. The fourth-order valence-corrected chi connectivity index (χ4v) is 7.11. The molecule has 2 aromatic heterocycles. The number of fused-ring (bicyclic) bond motifs is 1. The van der Waals surface area contributed by atoms with Crippen molar-refractivity contribution >= 4 is 42.6 Å². The van der Waals surface area contributed by atoms with E-state index in [9.17, 15) is 13.2 Å². The van der Waals surface area contributed by atoms with Crippen molar-refractivity contribution in [1.29, 1.82) is 0 Å². The summed E-state index contributed by atoms with van der Waals surface area (Å²) in [6, 6.07) is 13.6. The molecule has 2 aromatic carbocycles. The fourth-order valence-electron chi connectivity index (χ4n) is 4.43. The highest BCUT2D eigenvalue weighted by atomic mass is 32.2. The zero-order chi connectivity index (χ0) is 24.7. The number of amides is 1. The first-order valence-electron chi connectivity index (χ1n) is 11.5. The number of sulfonamides is 1. The van der Waals surface area contributed by atoms with Gasteiger partial charge in [-0.25, -0.2) is 13.4 Å². The SMILES string of the molecule is Cc1ccc(S(=O)(=O)N2CCCC2C(=O)N(Cc2ccco2)c2nc3c(C)c(C)ccc3s2)cc1. The Bertz CT molecular complexity index is 1480. The molecular formula is C26H27N3O4S2. The number of anilines is 1. The second-order valence-corrected chi connectivity index (χ2v) is 11.8. The molecule has 1 saturated heterocycles. The Kier molecular flexibility index (Phi) is 6.25. The number of carbonyl (C=O) groups excluding carboxylic acids is 1. The molecule has 35 heavy (non-hydrogen) atoms. The van der Waals surface area contributed by atoms with Gasteiger partial charge in [-0.05, 0) is 75.1 Å². The van der Waals surface area contributed by atoms with E-state index in [-0.39, 0.29) is 17.3 Å². The second-order valence-electron chi connectivity index (χ2n) is 8.94. The van der Waals surface area contributed by atoms with Crippen LogP contribution in [0, 0.1) is 20.8 Å². The number of aryl methyl sites for hydroxylation is 3. The van der Waals surface area contributed by atoms with Gasteiger partial charge in [-0.2, -0.15) is 4.31 Å². The molecule has 0 spiro atoms. The van der Waals surface area contributed by atoms with Gasteiger partial charge in [0.15, 0.2) is 5.13 Å². The quantitative estimate of drug-likeness (QED) is 0.357. The smallest absolute Gasteiger partial charge is 0.247 e. The van der Waals surface area contributed by atoms with E-state index in [0.29, 0.717) is 30.3 Å². The highest BCUT2D eigenvalue weighted by Gasteiger charge is 2.42. The summed E-state index contributed by atoms with van der Waals surface area (Å²) in [4.78, 5) is 20.6. The summed E-state index contributed by atoms with van der Waals surface area (Å²) in [5.41, 5.74) is 4.03. The van der Waals surface area contributed by atoms with Crippen LogP contribution in [0.2, 0.25) is 0 Å². The molecule has 0 bridgehead atoms. The van der Waals surface area contributed by atoms with E-state index in [2.05, 4.69) is 0 Å². The van der Waals surface area contributed by atoms with Crippen LogP contribution < -0.4 is 4.90 Å². The average molecular weight is 510 g/mol. The van der Waals surface area contributed by atoms with Gasteiger partial charge in [0, 0.05) is 6.54 Å². The molecule has 9 heteroatoms. The summed E-state index contributed by atoms with van der Waals surface area (Å²) >= 11 is 1.43. The van der Waals surface area contributed by atoms with Crippen LogP contribution >= 0.6 is 11.3 Å². The number of benzene rings is 2. The first-order chi connectivity index (χ1) is 16.8. The molecule has 3 heterocycles. The Morgan fingerprint density at radius 2 is 1.91 bits per heavy atom. The number of nitrogens with zero attached hydrogens (tertiary/aromatic N) is 3. The molecule has 1 amide bonds. The van der Waals surface area contributed by atoms with E-state index in [1.165, 1.54) is 15.6 Å². The van der Waals surface area contributed by atoms with Crippen LogP contribution in [0.5, 0.6) is 0 Å². The third-order valence-electron chi connectivity index (χ3n) is 6.58. The number of hydrogen-bond acceptors (Lipinski definition) is 6. The predicted octanol–water partition coefficient (Wildman–Crippen LogP) is 5.20. The van der Waals surface area contributed by atoms with Crippen LogP contribution in [0.3, 0.4) is 0 Å². The minimum Gasteiger partial charge on any atom is -0.467 e. The molecule has 1 atom stereocenters. The van der Waals surface area contributed by atoms with Crippen molar-refractivity contribution in [2.24, 2.45) is 0 Å². The summed E-state index contributed by atoms with van der Waals surface area (Å²) in [7, 11) is -3.82. The molecule has 1 aliphatic rings. The van der Waals surface area contributed by atoms with Crippen molar-refractivity contribution in [3.05, 3.63) is 77.2 Å². The maximum Gasteiger partial charge on any atom is 0.247 e. The lowest BCUT2D eigenvalue weighted by Gasteiger charge is -2.28. The lowest BCUT2D eigenvalue weighted by atomic mass is 10.1. The van der Waals surface area contributed by atoms with E-state index < -0.39 is 16.1 Å². The third-order valence-corrected chi connectivity index (χ3v) is 9.55. The molecule has 0 radical (unpaired) electrons. The standard InChI is InChI=1S/C26H27N3O4S2/c1-17-8-11-21(12-9-17)35(31,32)29-14-4-7-22(29)25(30)28(16-20-6-5-15-33-20)26-27-24-19(3)18(2)10-13-23(24)34-26/h5-6,8-13,15,22H,4,7,14,16H2,1-3H3. The van der Waals surface area contributed by atoms with Gasteiger partial charge >= 0.3 is 0 Å². The van der Waals surface area contributed by atoms with E-state index in [4.69, 9.17) is 9.40 Å². The fraction of sp³-hybridized carbons (Fsp3) is 0.308. The monoisotopic (exact) mass is 509 g/mol. The largest absolute Gasteiger partial charge is 0.467 e. The molecule has 1 fully saturated rings. The summed E-state index contributed by atoms with van der Waals surface area (Å²) in [6.07, 6.45) is 2.64. The lowest BCUT2D eigenvalue weighted by molar-refractivity contribution is -0.121. The number of hydrogen-bond donors (Lipinski definition) is 0. The normalized spacial score (nSPS) is 16.7. The molecule has 7 nitrogen and oxygen atoms in total. The first kappa shape index (κ1) is 23.7. The summed E-state index contributed by atoms with van der Waals surface area (Å²) in [6.45, 7) is 6.45. The Balaban J connectivity index is 1.53. The topological polar surface area (TPSA) is 83.7 Å². The van der Waals surface area contributed by atoms with Gasteiger partial charge in [0.2, 0.25) is 15.9 Å². The first-order valence-corrected chi connectivity index (χ1v) is 13.8. The van der Waals surface area contributed by atoms with Crippen molar-refractivity contribution in [3.8, 4) is 0 Å². The molecule has 0 N–H and O–H groups in total. The second kappa shape index (κ2) is 9.22. The Hall–Kier alpha value is -3.01. The van der Waals surface area contributed by atoms with Crippen molar-refractivity contribution in [3.63, 3.8) is 0 Å². The number of rotatable bonds is 6.